The van der Waals surface area contributed by atoms with Crippen molar-refractivity contribution in [3.05, 3.63) is 72.3 Å². The average molecular weight is 884 g/mol. The zero-order valence-corrected chi connectivity index (χ0v) is 37.6. The Morgan fingerprint density at radius 3 is 2.39 bits per heavy atom. The van der Waals surface area contributed by atoms with Crippen LogP contribution in [0.3, 0.4) is 0 Å². The minimum Gasteiger partial charge on any atom is -0.491 e. The number of ether oxygens (including phenoxy) is 2. The number of fused-ring (bicyclic) bond motifs is 3. The lowest BCUT2D eigenvalue weighted by Crippen LogP contribution is -2.58. The monoisotopic (exact) mass is 883 g/mol. The van der Waals surface area contributed by atoms with Crippen LogP contribution in [0.5, 0.6) is 11.6 Å². The first-order chi connectivity index (χ1) is 29.4. The number of furan rings is 1. The molecular weight excluding hydrogens is 831 g/mol. The van der Waals surface area contributed by atoms with Crippen LogP contribution in [0, 0.1) is 11.3 Å². The molecule has 1 saturated heterocycles. The Balaban J connectivity index is 1.14. The highest BCUT2D eigenvalue weighted by atomic mass is 32.2. The van der Waals surface area contributed by atoms with Crippen molar-refractivity contribution in [2.45, 2.75) is 115 Å². The Hall–Kier alpha value is -5.55. The molecule has 1 aliphatic heterocycles. The lowest BCUT2D eigenvalue weighted by atomic mass is 9.85. The first-order valence-corrected chi connectivity index (χ1v) is 23.5. The van der Waals surface area contributed by atoms with Crippen LogP contribution in [0.2, 0.25) is 0 Å². The molecule has 4 heterocycles. The lowest BCUT2D eigenvalue weighted by molar-refractivity contribution is -0.141. The smallest absolute Gasteiger partial charge is 0.262 e. The van der Waals surface area contributed by atoms with Crippen molar-refractivity contribution < 1.29 is 36.7 Å². The second-order valence-corrected chi connectivity index (χ2v) is 21.0. The summed E-state index contributed by atoms with van der Waals surface area (Å²) < 4.78 is 46.8. The van der Waals surface area contributed by atoms with E-state index in [1.807, 2.05) is 102 Å². The van der Waals surface area contributed by atoms with Crippen molar-refractivity contribution in [1.82, 2.24) is 29.9 Å². The summed E-state index contributed by atoms with van der Waals surface area (Å²) in [5, 5.41) is 8.88. The first-order valence-electron chi connectivity index (χ1n) is 21.0. The molecule has 2 saturated carbocycles. The van der Waals surface area contributed by atoms with Crippen molar-refractivity contribution in [3.63, 3.8) is 0 Å². The number of carbonyl (C=O) groups is 3. The molecule has 5 atom stereocenters. The number of likely N-dealkylation sites (tertiary alicyclic amines) is 1. The topological polar surface area (TPSA) is 195 Å². The fourth-order valence-corrected chi connectivity index (χ4v) is 10.1. The molecule has 0 spiro atoms. The predicted molar refractivity (Wildman–Crippen MR) is 237 cm³/mol. The highest BCUT2D eigenvalue weighted by Crippen LogP contribution is 2.46. The average Bonchev–Trinajstić information content (AvgIpc) is 4.05. The fourth-order valence-electron chi connectivity index (χ4n) is 7.84. The van der Waals surface area contributed by atoms with Crippen LogP contribution in [0.1, 0.15) is 85.8 Å². The molecular formula is C45H53N7O8S2. The second-order valence-electron chi connectivity index (χ2n) is 18.2. The number of nitrogens with zero attached hydrogens (tertiary/aromatic N) is 4. The van der Waals surface area contributed by atoms with E-state index in [2.05, 4.69) is 21.9 Å². The first kappa shape index (κ1) is 43.1. The Labute approximate surface area is 365 Å². The zero-order valence-electron chi connectivity index (χ0n) is 35.9. The minimum absolute atomic E-state index is 0.00656. The van der Waals surface area contributed by atoms with Gasteiger partial charge < -0.3 is 29.4 Å². The number of para-hydroxylation sites is 1. The van der Waals surface area contributed by atoms with Crippen LogP contribution in [-0.4, -0.2) is 87.6 Å². The standard InChI is InChI=1S/C45H53N7O8S2/c1-9-27-21-45(27,42(55)51-62(56,57)30-18-19-30)50-39(53)33-20-29(22-52(33)41(54)37(44(6,7)8)48-43-46-32(23-61-43)24(2)3)59-40-36-35(31-12-10-11-13-34(31)60-36)47-38(49-40)26-14-16-28(17-15-26)58-25(4)5/h9-17,23-25,27,29-30,33,37H,1,18-22H2,2-8H3,(H,46,48)(H,50,53)(H,51,55)/t27-,29-,33+,37-,45-/m1/s1. The molecule has 0 radical (unpaired) electrons. The van der Waals surface area contributed by atoms with E-state index >= 15 is 0 Å². The molecule has 3 fully saturated rings. The molecule has 3 N–H and O–H groups in total. The van der Waals surface area contributed by atoms with E-state index in [-0.39, 0.29) is 43.2 Å². The maximum Gasteiger partial charge on any atom is 0.262 e. The van der Waals surface area contributed by atoms with Crippen LogP contribution >= 0.6 is 11.3 Å². The summed E-state index contributed by atoms with van der Waals surface area (Å²) in [5.41, 5.74) is 0.799. The van der Waals surface area contributed by atoms with Crippen LogP contribution in [-0.2, 0) is 24.4 Å². The highest BCUT2D eigenvalue weighted by molar-refractivity contribution is 7.91. The van der Waals surface area contributed by atoms with Crippen molar-refractivity contribution in [1.29, 1.82) is 0 Å². The van der Waals surface area contributed by atoms with Gasteiger partial charge in [0.25, 0.3) is 11.8 Å². The molecule has 17 heteroatoms. The number of amides is 3. The van der Waals surface area contributed by atoms with E-state index in [0.29, 0.717) is 51.8 Å². The van der Waals surface area contributed by atoms with Gasteiger partial charge in [0.05, 0.1) is 23.6 Å². The molecule has 2 aromatic carbocycles. The Kier molecular flexibility index (Phi) is 11.3. The van der Waals surface area contributed by atoms with Gasteiger partial charge in [-0.15, -0.1) is 17.9 Å². The number of benzene rings is 2. The summed E-state index contributed by atoms with van der Waals surface area (Å²) in [6.07, 6.45) is 1.84. The van der Waals surface area contributed by atoms with Gasteiger partial charge >= 0.3 is 0 Å². The quantitative estimate of drug-likeness (QED) is 0.0917. The third kappa shape index (κ3) is 8.61. The van der Waals surface area contributed by atoms with Gasteiger partial charge in [-0.05, 0) is 80.8 Å². The Bertz CT molecular complexity index is 2650. The molecule has 2 aliphatic carbocycles. The van der Waals surface area contributed by atoms with Gasteiger partial charge in [-0.25, -0.2) is 18.4 Å². The summed E-state index contributed by atoms with van der Waals surface area (Å²) in [5.74, 6) is -0.970. The number of sulfonamides is 1. The van der Waals surface area contributed by atoms with Gasteiger partial charge in [0, 0.05) is 28.7 Å². The highest BCUT2D eigenvalue weighted by Gasteiger charge is 2.62. The van der Waals surface area contributed by atoms with Crippen molar-refractivity contribution >= 4 is 66.3 Å². The maximum absolute atomic E-state index is 15.0. The molecule has 8 rings (SSSR count). The van der Waals surface area contributed by atoms with Gasteiger partial charge in [0.15, 0.2) is 11.0 Å². The number of aromatic nitrogens is 3. The number of nitrogens with one attached hydrogen (secondary N) is 3. The molecule has 3 aromatic heterocycles. The van der Waals surface area contributed by atoms with Crippen molar-refractivity contribution in [3.8, 4) is 23.0 Å². The van der Waals surface area contributed by atoms with E-state index < -0.39 is 62.1 Å². The van der Waals surface area contributed by atoms with E-state index in [1.165, 1.54) is 22.3 Å². The van der Waals surface area contributed by atoms with E-state index in [4.69, 9.17) is 28.8 Å². The Morgan fingerprint density at radius 1 is 1.03 bits per heavy atom. The normalized spacial score (nSPS) is 21.9. The SMILES string of the molecule is C=C[C@@H]1C[C@]1(NC(=O)[C@@H]1C[C@@H](Oc2nc(-c3ccc(OC(C)C)cc3)nc3c2oc2ccccc23)CN1C(=O)[C@@H](Nc1nc(C(C)C)cs1)C(C)(C)C)C(=O)NS(=O)(=O)C1CC1. The van der Waals surface area contributed by atoms with Gasteiger partial charge in [-0.1, -0.05) is 52.8 Å². The van der Waals surface area contributed by atoms with E-state index in [1.54, 1.807) is 0 Å². The number of anilines is 1. The minimum atomic E-state index is -3.91. The van der Waals surface area contributed by atoms with Gasteiger partial charge in [0.2, 0.25) is 27.4 Å². The molecule has 5 aromatic rings. The molecule has 62 heavy (non-hydrogen) atoms. The molecule has 328 valence electrons. The largest absolute Gasteiger partial charge is 0.491 e. The molecule has 15 nitrogen and oxygen atoms in total. The van der Waals surface area contributed by atoms with Crippen LogP contribution in [0.15, 0.2) is 71.0 Å². The van der Waals surface area contributed by atoms with Crippen LogP contribution in [0.4, 0.5) is 5.13 Å². The van der Waals surface area contributed by atoms with Crippen molar-refractivity contribution in [2.75, 3.05) is 11.9 Å². The molecule has 3 aliphatic rings. The third-order valence-electron chi connectivity index (χ3n) is 11.5. The zero-order chi connectivity index (χ0) is 44.3. The predicted octanol–water partition coefficient (Wildman–Crippen LogP) is 6.95. The molecule has 0 unspecified atom stereocenters. The lowest BCUT2D eigenvalue weighted by Gasteiger charge is -2.35. The number of carbonyl (C=O) groups excluding carboxylic acids is 3. The van der Waals surface area contributed by atoms with Crippen LogP contribution < -0.4 is 24.8 Å². The molecule has 3 amide bonds. The van der Waals surface area contributed by atoms with Gasteiger partial charge in [-0.2, -0.15) is 4.98 Å². The van der Waals surface area contributed by atoms with E-state index in [0.717, 1.165) is 11.1 Å². The summed E-state index contributed by atoms with van der Waals surface area (Å²) in [4.78, 5) is 59.3. The van der Waals surface area contributed by atoms with Gasteiger partial charge in [0.1, 0.15) is 40.6 Å². The number of rotatable bonds is 15. The summed E-state index contributed by atoms with van der Waals surface area (Å²) in [6, 6.07) is 12.9. The second kappa shape index (κ2) is 16.3. The Morgan fingerprint density at radius 2 is 1.76 bits per heavy atom. The maximum atomic E-state index is 15.0. The van der Waals surface area contributed by atoms with Crippen molar-refractivity contribution in [2.24, 2.45) is 11.3 Å². The number of thiazole rings is 1. The summed E-state index contributed by atoms with van der Waals surface area (Å²) in [6.45, 7) is 17.6. The summed E-state index contributed by atoms with van der Waals surface area (Å²) in [7, 11) is -3.91. The van der Waals surface area contributed by atoms with Gasteiger partial charge in [-0.3, -0.25) is 19.1 Å². The molecule has 0 bridgehead atoms. The number of hydrogen-bond acceptors (Lipinski definition) is 13. The van der Waals surface area contributed by atoms with E-state index in [9.17, 15) is 22.8 Å². The third-order valence-corrected chi connectivity index (χ3v) is 14.2. The fraction of sp³-hybridized carbons (Fsp3) is 0.467. The number of hydrogen-bond donors (Lipinski definition) is 3. The van der Waals surface area contributed by atoms with Crippen LogP contribution in [0.25, 0.3) is 33.5 Å². The summed E-state index contributed by atoms with van der Waals surface area (Å²) >= 11 is 1.40.